The molecule has 1 aliphatic rings. The van der Waals surface area contributed by atoms with Crippen LogP contribution < -0.4 is 5.32 Å². The highest BCUT2D eigenvalue weighted by Gasteiger charge is 2.33. The van der Waals surface area contributed by atoms with Crippen LogP contribution in [0.5, 0.6) is 0 Å². The first-order valence-electron chi connectivity index (χ1n) is 8.91. The molecule has 0 spiro atoms. The molecule has 1 saturated heterocycles. The van der Waals surface area contributed by atoms with Gasteiger partial charge in [-0.25, -0.2) is 8.42 Å². The van der Waals surface area contributed by atoms with Gasteiger partial charge in [0.1, 0.15) is 0 Å². The van der Waals surface area contributed by atoms with Crippen molar-refractivity contribution in [2.24, 2.45) is 5.92 Å². The lowest BCUT2D eigenvalue weighted by molar-refractivity contribution is -0.120. The lowest BCUT2D eigenvalue weighted by Gasteiger charge is -2.31. The molecule has 0 unspecified atom stereocenters. The number of anilines is 1. The molecule has 27 heavy (non-hydrogen) atoms. The van der Waals surface area contributed by atoms with E-state index in [9.17, 15) is 13.2 Å². The van der Waals surface area contributed by atoms with Gasteiger partial charge in [-0.1, -0.05) is 29.3 Å². The predicted molar refractivity (Wildman–Crippen MR) is 107 cm³/mol. The molecule has 7 heteroatoms. The minimum absolute atomic E-state index is 0.141. The van der Waals surface area contributed by atoms with Gasteiger partial charge in [0.2, 0.25) is 15.9 Å². The van der Waals surface area contributed by atoms with Crippen LogP contribution in [0.2, 0.25) is 5.02 Å². The fourth-order valence-corrected chi connectivity index (χ4v) is 4.97. The summed E-state index contributed by atoms with van der Waals surface area (Å²) in [6, 6.07) is 11.9. The molecule has 1 aliphatic heterocycles. The molecule has 0 aliphatic carbocycles. The second-order valence-corrected chi connectivity index (χ2v) is 9.34. The molecule has 2 aromatic rings. The Morgan fingerprint density at radius 1 is 1.15 bits per heavy atom. The molecular formula is C20H23ClN2O3S. The number of aryl methyl sites for hydroxylation is 2. The van der Waals surface area contributed by atoms with Gasteiger partial charge in [-0.2, -0.15) is 4.31 Å². The molecule has 2 aromatic carbocycles. The number of hydrogen-bond donors (Lipinski definition) is 1. The summed E-state index contributed by atoms with van der Waals surface area (Å²) >= 11 is 5.85. The van der Waals surface area contributed by atoms with Crippen molar-refractivity contribution in [2.75, 3.05) is 18.4 Å². The van der Waals surface area contributed by atoms with Gasteiger partial charge >= 0.3 is 0 Å². The maximum atomic E-state index is 12.9. The minimum Gasteiger partial charge on any atom is -0.326 e. The van der Waals surface area contributed by atoms with Gasteiger partial charge in [0.15, 0.2) is 0 Å². The molecule has 1 atom stereocenters. The third-order valence-corrected chi connectivity index (χ3v) is 6.98. The Morgan fingerprint density at radius 2 is 1.85 bits per heavy atom. The topological polar surface area (TPSA) is 66.5 Å². The van der Waals surface area contributed by atoms with Crippen LogP contribution in [0.25, 0.3) is 0 Å². The van der Waals surface area contributed by atoms with Crippen molar-refractivity contribution < 1.29 is 13.2 Å². The maximum Gasteiger partial charge on any atom is 0.243 e. The van der Waals surface area contributed by atoms with Gasteiger partial charge in [0.05, 0.1) is 10.8 Å². The second-order valence-electron chi connectivity index (χ2n) is 6.96. The molecule has 0 bridgehead atoms. The molecule has 0 radical (unpaired) electrons. The minimum atomic E-state index is -3.64. The van der Waals surface area contributed by atoms with Crippen molar-refractivity contribution in [2.45, 2.75) is 31.6 Å². The number of piperidine rings is 1. The predicted octanol–water partition coefficient (Wildman–Crippen LogP) is 4.00. The van der Waals surface area contributed by atoms with E-state index in [0.717, 1.165) is 16.8 Å². The Bertz CT molecular complexity index is 942. The van der Waals surface area contributed by atoms with E-state index in [4.69, 9.17) is 11.6 Å². The van der Waals surface area contributed by atoms with Gasteiger partial charge in [0, 0.05) is 23.8 Å². The van der Waals surface area contributed by atoms with Crippen molar-refractivity contribution in [3.63, 3.8) is 0 Å². The van der Waals surface area contributed by atoms with Gasteiger partial charge in [0.25, 0.3) is 0 Å². The Labute approximate surface area is 165 Å². The summed E-state index contributed by atoms with van der Waals surface area (Å²) in [4.78, 5) is 12.9. The highest BCUT2D eigenvalue weighted by atomic mass is 35.5. The van der Waals surface area contributed by atoms with Crippen molar-refractivity contribution in [3.05, 3.63) is 58.6 Å². The molecule has 1 N–H and O–H groups in total. The summed E-state index contributed by atoms with van der Waals surface area (Å²) in [7, 11) is -3.64. The number of amides is 1. The SMILES string of the molecule is Cc1ccc(NC(=O)[C@@H]2CCCN(S(=O)(=O)c3ccc(Cl)cc3)C2)c(C)c1. The van der Waals surface area contributed by atoms with Crippen molar-refractivity contribution >= 4 is 33.2 Å². The number of sulfonamides is 1. The van der Waals surface area contributed by atoms with Crippen LogP contribution in [0.4, 0.5) is 5.69 Å². The molecule has 0 saturated carbocycles. The number of nitrogens with zero attached hydrogens (tertiary/aromatic N) is 1. The number of carbonyl (C=O) groups excluding carboxylic acids is 1. The van der Waals surface area contributed by atoms with Crippen LogP contribution >= 0.6 is 11.6 Å². The monoisotopic (exact) mass is 406 g/mol. The van der Waals surface area contributed by atoms with Crippen LogP contribution in [-0.2, 0) is 14.8 Å². The summed E-state index contributed by atoms with van der Waals surface area (Å²) in [6.45, 7) is 4.54. The molecule has 1 fully saturated rings. The van der Waals surface area contributed by atoms with Crippen LogP contribution in [0, 0.1) is 19.8 Å². The van der Waals surface area contributed by atoms with Crippen LogP contribution in [0.1, 0.15) is 24.0 Å². The maximum absolute atomic E-state index is 12.9. The van der Waals surface area contributed by atoms with E-state index < -0.39 is 10.0 Å². The smallest absolute Gasteiger partial charge is 0.243 e. The molecular weight excluding hydrogens is 384 g/mol. The Hall–Kier alpha value is -1.89. The number of hydrogen-bond acceptors (Lipinski definition) is 3. The molecule has 3 rings (SSSR count). The molecule has 1 heterocycles. The van der Waals surface area contributed by atoms with E-state index in [1.807, 2.05) is 32.0 Å². The van der Waals surface area contributed by atoms with E-state index in [-0.39, 0.29) is 23.3 Å². The number of rotatable bonds is 4. The van der Waals surface area contributed by atoms with E-state index in [1.54, 1.807) is 12.1 Å². The zero-order valence-electron chi connectivity index (χ0n) is 15.4. The Morgan fingerprint density at radius 3 is 2.52 bits per heavy atom. The number of benzene rings is 2. The Kier molecular flexibility index (Phi) is 5.89. The number of halogens is 1. The number of carbonyl (C=O) groups is 1. The standard InChI is InChI=1S/C20H23ClN2O3S/c1-14-5-10-19(15(2)12-14)22-20(24)16-4-3-11-23(13-16)27(25,26)18-8-6-17(21)7-9-18/h5-10,12,16H,3-4,11,13H2,1-2H3,(H,22,24)/t16-/m1/s1. The van der Waals surface area contributed by atoms with Crippen LogP contribution in [-0.4, -0.2) is 31.7 Å². The lowest BCUT2D eigenvalue weighted by Crippen LogP contribution is -2.43. The quantitative estimate of drug-likeness (QED) is 0.834. The number of nitrogens with one attached hydrogen (secondary N) is 1. The molecule has 0 aromatic heterocycles. The fourth-order valence-electron chi connectivity index (χ4n) is 3.32. The van der Waals surface area contributed by atoms with Gasteiger partial charge in [-0.3, -0.25) is 4.79 Å². The highest BCUT2D eigenvalue weighted by molar-refractivity contribution is 7.89. The van der Waals surface area contributed by atoms with Crippen LogP contribution in [0.15, 0.2) is 47.4 Å². The normalized spacial score (nSPS) is 18.3. The third-order valence-electron chi connectivity index (χ3n) is 4.85. The van der Waals surface area contributed by atoms with Gasteiger partial charge in [-0.15, -0.1) is 0 Å². The average Bonchev–Trinajstić information content (AvgIpc) is 2.64. The summed E-state index contributed by atoms with van der Waals surface area (Å²) in [6.07, 6.45) is 1.32. The Balaban J connectivity index is 1.73. The first kappa shape index (κ1) is 19.9. The first-order valence-corrected chi connectivity index (χ1v) is 10.7. The molecule has 1 amide bonds. The average molecular weight is 407 g/mol. The third kappa shape index (κ3) is 4.51. The van der Waals surface area contributed by atoms with Crippen molar-refractivity contribution in [1.29, 1.82) is 0 Å². The van der Waals surface area contributed by atoms with Gasteiger partial charge < -0.3 is 5.32 Å². The summed E-state index contributed by atoms with van der Waals surface area (Å²) in [5, 5.41) is 3.43. The molecule has 144 valence electrons. The van der Waals surface area contributed by atoms with Gasteiger partial charge in [-0.05, 0) is 62.6 Å². The molecule has 5 nitrogen and oxygen atoms in total. The fraction of sp³-hybridized carbons (Fsp3) is 0.350. The van der Waals surface area contributed by atoms with E-state index in [0.29, 0.717) is 24.4 Å². The largest absolute Gasteiger partial charge is 0.326 e. The van der Waals surface area contributed by atoms with E-state index in [2.05, 4.69) is 5.32 Å². The summed E-state index contributed by atoms with van der Waals surface area (Å²) < 4.78 is 27.1. The van der Waals surface area contributed by atoms with Crippen molar-refractivity contribution in [3.8, 4) is 0 Å². The second kappa shape index (κ2) is 8.00. The lowest BCUT2D eigenvalue weighted by atomic mass is 9.98. The zero-order chi connectivity index (χ0) is 19.6. The van der Waals surface area contributed by atoms with E-state index in [1.165, 1.54) is 16.4 Å². The van der Waals surface area contributed by atoms with Crippen molar-refractivity contribution in [1.82, 2.24) is 4.31 Å². The first-order chi connectivity index (χ1) is 12.8. The summed E-state index contributed by atoms with van der Waals surface area (Å²) in [5.74, 6) is -0.514. The van der Waals surface area contributed by atoms with Crippen LogP contribution in [0.3, 0.4) is 0 Å². The van der Waals surface area contributed by atoms with E-state index >= 15 is 0 Å². The zero-order valence-corrected chi connectivity index (χ0v) is 17.0. The highest BCUT2D eigenvalue weighted by Crippen LogP contribution is 2.26. The summed E-state index contributed by atoms with van der Waals surface area (Å²) in [5.41, 5.74) is 2.89.